The number of nitro groups is 1. The minimum absolute atomic E-state index is 0.112. The third-order valence-corrected chi connectivity index (χ3v) is 4.39. The number of nitriles is 1. The minimum atomic E-state index is -0.538. The first kappa shape index (κ1) is 16.6. The number of nitrogens with one attached hydrogen (secondary N) is 1. The van der Waals surface area contributed by atoms with Gasteiger partial charge in [0, 0.05) is 17.8 Å². The predicted molar refractivity (Wildman–Crippen MR) is 85.3 cm³/mol. The summed E-state index contributed by atoms with van der Waals surface area (Å²) in [6.45, 7) is 4.11. The Morgan fingerprint density at radius 3 is 2.91 bits per heavy atom. The molecule has 0 aromatic carbocycles. The van der Waals surface area contributed by atoms with Crippen LogP contribution in [0.4, 0.5) is 10.7 Å². The van der Waals surface area contributed by atoms with Crippen LogP contribution < -0.4 is 5.32 Å². The van der Waals surface area contributed by atoms with Crippen LogP contribution in [-0.4, -0.2) is 20.6 Å². The van der Waals surface area contributed by atoms with E-state index in [0.29, 0.717) is 10.6 Å². The van der Waals surface area contributed by atoms with Crippen LogP contribution in [0.5, 0.6) is 0 Å². The molecule has 8 nitrogen and oxygen atoms in total. The summed E-state index contributed by atoms with van der Waals surface area (Å²) in [7, 11) is 0. The molecule has 1 N–H and O–H groups in total. The smallest absolute Gasteiger partial charge is 0.306 e. The van der Waals surface area contributed by atoms with Crippen LogP contribution in [0.3, 0.4) is 0 Å². The van der Waals surface area contributed by atoms with Gasteiger partial charge in [0.25, 0.3) is 0 Å². The number of aryl methyl sites for hydroxylation is 2. The van der Waals surface area contributed by atoms with E-state index in [0.717, 1.165) is 23.1 Å². The van der Waals surface area contributed by atoms with E-state index in [1.54, 1.807) is 0 Å². The zero-order chi connectivity index (χ0) is 17.0. The van der Waals surface area contributed by atoms with Crippen LogP contribution in [0, 0.1) is 28.4 Å². The molecule has 0 atom stereocenters. The quantitative estimate of drug-likeness (QED) is 0.644. The van der Waals surface area contributed by atoms with Gasteiger partial charge < -0.3 is 5.32 Å². The van der Waals surface area contributed by atoms with E-state index in [9.17, 15) is 20.2 Å². The first-order valence-electron chi connectivity index (χ1n) is 6.95. The summed E-state index contributed by atoms with van der Waals surface area (Å²) < 4.78 is 1.35. The van der Waals surface area contributed by atoms with Crippen LogP contribution in [-0.2, 0) is 17.8 Å². The van der Waals surface area contributed by atoms with Gasteiger partial charge in [-0.3, -0.25) is 19.6 Å². The second kappa shape index (κ2) is 7.02. The van der Waals surface area contributed by atoms with E-state index < -0.39 is 4.92 Å². The van der Waals surface area contributed by atoms with E-state index in [-0.39, 0.29) is 24.6 Å². The first-order chi connectivity index (χ1) is 11.0. The third-order valence-electron chi connectivity index (χ3n) is 3.33. The highest BCUT2D eigenvalue weighted by molar-refractivity contribution is 7.16. The number of aromatic nitrogens is 2. The van der Waals surface area contributed by atoms with E-state index in [4.69, 9.17) is 0 Å². The molecule has 120 valence electrons. The number of hydrogen-bond acceptors (Lipinski definition) is 6. The number of carbonyl (C=O) groups excluding carboxylic acids is 1. The molecule has 0 aliphatic heterocycles. The van der Waals surface area contributed by atoms with Gasteiger partial charge in [-0.25, -0.2) is 0 Å². The average molecular weight is 333 g/mol. The summed E-state index contributed by atoms with van der Waals surface area (Å²) >= 11 is 1.38. The summed E-state index contributed by atoms with van der Waals surface area (Å²) in [6.07, 6.45) is 3.26. The van der Waals surface area contributed by atoms with Crippen molar-refractivity contribution in [3.63, 3.8) is 0 Å². The Kier molecular flexibility index (Phi) is 5.08. The van der Waals surface area contributed by atoms with Gasteiger partial charge in [-0.05, 0) is 18.9 Å². The lowest BCUT2D eigenvalue weighted by molar-refractivity contribution is -0.385. The number of carbonyl (C=O) groups is 1. The molecule has 2 aromatic rings. The molecule has 1 amide bonds. The molecule has 0 fully saturated rings. The molecule has 23 heavy (non-hydrogen) atoms. The standard InChI is InChI=1S/C14H15N5O3S/c1-3-11-9(2)23-14(12(11)6-15)17-13(20)4-5-18-8-10(7-16-18)19(21)22/h7-8H,3-5H2,1-2H3,(H,17,20). The minimum Gasteiger partial charge on any atom is -0.317 e. The maximum Gasteiger partial charge on any atom is 0.306 e. The predicted octanol–water partition coefficient (Wildman–Crippen LogP) is 2.62. The topological polar surface area (TPSA) is 114 Å². The zero-order valence-corrected chi connectivity index (χ0v) is 13.5. The lowest BCUT2D eigenvalue weighted by Crippen LogP contribution is -2.14. The summed E-state index contributed by atoms with van der Waals surface area (Å²) in [5.41, 5.74) is 1.35. The van der Waals surface area contributed by atoms with Crippen molar-refractivity contribution in [2.24, 2.45) is 0 Å². The monoisotopic (exact) mass is 333 g/mol. The fourth-order valence-electron chi connectivity index (χ4n) is 2.19. The molecule has 0 saturated heterocycles. The van der Waals surface area contributed by atoms with Gasteiger partial charge in [0.05, 0.1) is 10.5 Å². The van der Waals surface area contributed by atoms with Gasteiger partial charge >= 0.3 is 5.69 Å². The van der Waals surface area contributed by atoms with Crippen molar-refractivity contribution < 1.29 is 9.72 Å². The Balaban J connectivity index is 2.00. The highest BCUT2D eigenvalue weighted by atomic mass is 32.1. The second-order valence-electron chi connectivity index (χ2n) is 4.82. The van der Waals surface area contributed by atoms with Gasteiger partial charge in [0.1, 0.15) is 23.5 Å². The Morgan fingerprint density at radius 1 is 1.61 bits per heavy atom. The van der Waals surface area contributed by atoms with Crippen LogP contribution in [0.1, 0.15) is 29.3 Å². The van der Waals surface area contributed by atoms with Crippen LogP contribution in [0.25, 0.3) is 0 Å². The van der Waals surface area contributed by atoms with Crippen molar-refractivity contribution in [3.05, 3.63) is 38.5 Å². The van der Waals surface area contributed by atoms with E-state index in [1.807, 2.05) is 13.8 Å². The van der Waals surface area contributed by atoms with Crippen LogP contribution >= 0.6 is 11.3 Å². The van der Waals surface area contributed by atoms with E-state index in [1.165, 1.54) is 22.2 Å². The largest absolute Gasteiger partial charge is 0.317 e. The maximum absolute atomic E-state index is 12.0. The van der Waals surface area contributed by atoms with Crippen molar-refractivity contribution in [1.82, 2.24) is 9.78 Å². The third kappa shape index (κ3) is 3.73. The molecule has 2 rings (SSSR count). The summed E-state index contributed by atoms with van der Waals surface area (Å²) in [6, 6.07) is 2.13. The van der Waals surface area contributed by atoms with Gasteiger partial charge in [-0.2, -0.15) is 10.4 Å². The number of rotatable bonds is 6. The van der Waals surface area contributed by atoms with E-state index >= 15 is 0 Å². The summed E-state index contributed by atoms with van der Waals surface area (Å²) in [5, 5.41) is 26.9. The molecule has 0 saturated carbocycles. The van der Waals surface area contributed by atoms with Gasteiger partial charge in [-0.15, -0.1) is 11.3 Å². The molecule has 2 heterocycles. The number of nitrogens with zero attached hydrogens (tertiary/aromatic N) is 4. The average Bonchev–Trinajstić information content (AvgIpc) is 3.09. The maximum atomic E-state index is 12.0. The molecule has 0 aliphatic carbocycles. The Bertz CT molecular complexity index is 787. The number of thiophene rings is 1. The van der Waals surface area contributed by atoms with Crippen molar-refractivity contribution in [1.29, 1.82) is 5.26 Å². The van der Waals surface area contributed by atoms with Crippen molar-refractivity contribution >= 4 is 27.9 Å². The molecule has 0 radical (unpaired) electrons. The van der Waals surface area contributed by atoms with Gasteiger partial charge in [-0.1, -0.05) is 6.92 Å². The molecule has 0 aliphatic rings. The first-order valence-corrected chi connectivity index (χ1v) is 7.77. The Hall–Kier alpha value is -2.73. The fourth-order valence-corrected chi connectivity index (χ4v) is 3.30. The molecule has 2 aromatic heterocycles. The molecule has 0 unspecified atom stereocenters. The zero-order valence-electron chi connectivity index (χ0n) is 12.7. The molecule has 0 bridgehead atoms. The van der Waals surface area contributed by atoms with Crippen LogP contribution in [0.15, 0.2) is 12.4 Å². The SMILES string of the molecule is CCc1c(C)sc(NC(=O)CCn2cc([N+](=O)[O-])cn2)c1C#N. The highest BCUT2D eigenvalue weighted by Crippen LogP contribution is 2.32. The lowest BCUT2D eigenvalue weighted by Gasteiger charge is -2.04. The van der Waals surface area contributed by atoms with Crippen LogP contribution in [0.2, 0.25) is 0 Å². The molecular weight excluding hydrogens is 318 g/mol. The Labute approximate surface area is 136 Å². The normalized spacial score (nSPS) is 10.3. The number of amides is 1. The summed E-state index contributed by atoms with van der Waals surface area (Å²) in [5.74, 6) is -0.261. The van der Waals surface area contributed by atoms with Gasteiger partial charge in [0.2, 0.25) is 5.91 Å². The van der Waals surface area contributed by atoms with E-state index in [2.05, 4.69) is 16.5 Å². The molecule has 9 heteroatoms. The molecule has 0 spiro atoms. The lowest BCUT2D eigenvalue weighted by atomic mass is 10.1. The van der Waals surface area contributed by atoms with Crippen molar-refractivity contribution in [2.75, 3.05) is 5.32 Å². The Morgan fingerprint density at radius 2 is 2.35 bits per heavy atom. The van der Waals surface area contributed by atoms with Crippen molar-refractivity contribution in [2.45, 2.75) is 33.2 Å². The number of hydrogen-bond donors (Lipinski definition) is 1. The summed E-state index contributed by atoms with van der Waals surface area (Å²) in [4.78, 5) is 23.1. The second-order valence-corrected chi connectivity index (χ2v) is 6.05. The van der Waals surface area contributed by atoms with Gasteiger partial charge in [0.15, 0.2) is 0 Å². The van der Waals surface area contributed by atoms with Crippen molar-refractivity contribution in [3.8, 4) is 6.07 Å². The fraction of sp³-hybridized carbons (Fsp3) is 0.357. The number of anilines is 1. The highest BCUT2D eigenvalue weighted by Gasteiger charge is 2.16. The molecular formula is C14H15N5O3S.